The van der Waals surface area contributed by atoms with E-state index in [0.29, 0.717) is 0 Å². The summed E-state index contributed by atoms with van der Waals surface area (Å²) in [6.45, 7) is -0.0515. The molecule has 6 heteroatoms. The highest BCUT2D eigenvalue weighted by Crippen LogP contribution is 2.29. The molecule has 0 aromatic carbocycles. The molecule has 19 heavy (non-hydrogen) atoms. The van der Waals surface area contributed by atoms with Crippen molar-refractivity contribution in [3.63, 3.8) is 0 Å². The fraction of sp³-hybridized carbons (Fsp3) is 0.0769. The average molecular weight is 336 g/mol. The number of hydrogen-bond acceptors (Lipinski definition) is 4. The molecule has 0 bridgehead atoms. The molecule has 96 valence electrons. The zero-order chi connectivity index (χ0) is 13.2. The van der Waals surface area contributed by atoms with Crippen LogP contribution in [0.5, 0.6) is 0 Å². The van der Waals surface area contributed by atoms with Crippen molar-refractivity contribution in [3.8, 4) is 0 Å². The first-order chi connectivity index (χ1) is 9.28. The molecule has 3 rings (SSSR count). The molecule has 0 aliphatic carbocycles. The molecule has 0 fully saturated rings. The van der Waals surface area contributed by atoms with Crippen LogP contribution in [0.4, 0.5) is 0 Å². The number of halogens is 1. The van der Waals surface area contributed by atoms with Crippen molar-refractivity contribution < 1.29 is 5.11 Å². The third kappa shape index (κ3) is 2.51. The highest BCUT2D eigenvalue weighted by Gasteiger charge is 2.12. The van der Waals surface area contributed by atoms with Crippen LogP contribution in [0, 0.1) is 0 Å². The van der Waals surface area contributed by atoms with Gasteiger partial charge in [0, 0.05) is 16.9 Å². The zero-order valence-corrected chi connectivity index (χ0v) is 12.2. The Morgan fingerprint density at radius 1 is 1.26 bits per heavy atom. The molecule has 0 saturated carbocycles. The van der Waals surface area contributed by atoms with E-state index in [0.717, 1.165) is 25.9 Å². The smallest absolute Gasteiger partial charge is 0.138 e. The Morgan fingerprint density at radius 2 is 2.16 bits per heavy atom. The third-order valence-corrected chi connectivity index (χ3v) is 4.08. The number of aromatic nitrogens is 3. The SMILES string of the molecule is OCc1c(Sc2ccc(Br)cn2)nc2ccccn12. The molecule has 0 unspecified atom stereocenters. The Balaban J connectivity index is 2.02. The minimum Gasteiger partial charge on any atom is -0.390 e. The van der Waals surface area contributed by atoms with Crippen LogP contribution < -0.4 is 0 Å². The lowest BCUT2D eigenvalue weighted by Gasteiger charge is -2.01. The molecule has 0 radical (unpaired) electrons. The quantitative estimate of drug-likeness (QED) is 0.798. The first-order valence-corrected chi connectivity index (χ1v) is 7.25. The highest BCUT2D eigenvalue weighted by molar-refractivity contribution is 9.10. The number of imidazole rings is 1. The van der Waals surface area contributed by atoms with Gasteiger partial charge in [-0.05, 0) is 52.0 Å². The lowest BCUT2D eigenvalue weighted by Crippen LogP contribution is -1.92. The van der Waals surface area contributed by atoms with Gasteiger partial charge in [-0.25, -0.2) is 9.97 Å². The van der Waals surface area contributed by atoms with Gasteiger partial charge in [0.15, 0.2) is 0 Å². The molecule has 4 nitrogen and oxygen atoms in total. The van der Waals surface area contributed by atoms with Crippen LogP contribution in [-0.4, -0.2) is 19.5 Å². The van der Waals surface area contributed by atoms with Crippen LogP contribution >= 0.6 is 27.7 Å². The largest absolute Gasteiger partial charge is 0.390 e. The molecule has 0 amide bonds. The molecule has 3 aromatic rings. The van der Waals surface area contributed by atoms with Gasteiger partial charge < -0.3 is 9.51 Å². The van der Waals surface area contributed by atoms with Crippen molar-refractivity contribution in [2.24, 2.45) is 0 Å². The summed E-state index contributed by atoms with van der Waals surface area (Å²) in [4.78, 5) is 8.82. The standard InChI is InChI=1S/C13H10BrN3OS/c14-9-4-5-12(15-7-9)19-13-10(8-18)17-6-2-1-3-11(17)16-13/h1-7,18H,8H2. The Kier molecular flexibility index (Phi) is 3.54. The van der Waals surface area contributed by atoms with Gasteiger partial charge in [-0.15, -0.1) is 0 Å². The highest BCUT2D eigenvalue weighted by atomic mass is 79.9. The molecular formula is C13H10BrN3OS. The Bertz CT molecular complexity index is 711. The Labute approximate surface area is 122 Å². The molecule has 3 aromatic heterocycles. The number of pyridine rings is 2. The van der Waals surface area contributed by atoms with Gasteiger partial charge in [0.2, 0.25) is 0 Å². The predicted molar refractivity (Wildman–Crippen MR) is 77.2 cm³/mol. The number of aliphatic hydroxyl groups excluding tert-OH is 1. The van der Waals surface area contributed by atoms with Gasteiger partial charge in [-0.2, -0.15) is 0 Å². The monoisotopic (exact) mass is 335 g/mol. The summed E-state index contributed by atoms with van der Waals surface area (Å²) < 4.78 is 2.83. The summed E-state index contributed by atoms with van der Waals surface area (Å²) in [5.41, 5.74) is 1.61. The maximum absolute atomic E-state index is 9.53. The second-order valence-corrected chi connectivity index (χ2v) is 5.79. The number of rotatable bonds is 3. The van der Waals surface area contributed by atoms with E-state index in [-0.39, 0.29) is 6.61 Å². The number of nitrogens with zero attached hydrogens (tertiary/aromatic N) is 3. The molecule has 0 spiro atoms. The molecule has 0 atom stereocenters. The maximum Gasteiger partial charge on any atom is 0.138 e. The Morgan fingerprint density at radius 3 is 2.89 bits per heavy atom. The van der Waals surface area contributed by atoms with Crippen molar-refractivity contribution in [1.29, 1.82) is 0 Å². The van der Waals surface area contributed by atoms with Gasteiger partial charge in [0.1, 0.15) is 15.7 Å². The van der Waals surface area contributed by atoms with E-state index in [4.69, 9.17) is 0 Å². The summed E-state index contributed by atoms with van der Waals surface area (Å²) >= 11 is 4.80. The van der Waals surface area contributed by atoms with E-state index >= 15 is 0 Å². The van der Waals surface area contributed by atoms with Crippen LogP contribution in [0.3, 0.4) is 0 Å². The van der Waals surface area contributed by atoms with Crippen molar-refractivity contribution in [2.45, 2.75) is 16.7 Å². The lowest BCUT2D eigenvalue weighted by atomic mass is 10.4. The molecule has 1 N–H and O–H groups in total. The molecule has 3 heterocycles. The second-order valence-electron chi connectivity index (χ2n) is 3.87. The maximum atomic E-state index is 9.53. The third-order valence-electron chi connectivity index (χ3n) is 2.64. The van der Waals surface area contributed by atoms with Crippen molar-refractivity contribution >= 4 is 33.3 Å². The second kappa shape index (κ2) is 5.32. The zero-order valence-electron chi connectivity index (χ0n) is 9.82. The molecule has 0 aliphatic heterocycles. The van der Waals surface area contributed by atoms with E-state index in [9.17, 15) is 5.11 Å². The van der Waals surface area contributed by atoms with Crippen LogP contribution in [0.1, 0.15) is 5.69 Å². The summed E-state index contributed by atoms with van der Waals surface area (Å²) in [6.07, 6.45) is 3.64. The summed E-state index contributed by atoms with van der Waals surface area (Å²) in [6, 6.07) is 9.61. The fourth-order valence-corrected chi connectivity index (χ4v) is 2.87. The summed E-state index contributed by atoms with van der Waals surface area (Å²) in [7, 11) is 0. The Hall–Kier alpha value is -1.37. The minimum absolute atomic E-state index is 0.0515. The number of fused-ring (bicyclic) bond motifs is 1. The van der Waals surface area contributed by atoms with Crippen molar-refractivity contribution in [2.75, 3.05) is 0 Å². The average Bonchev–Trinajstić information content (AvgIpc) is 2.78. The van der Waals surface area contributed by atoms with Gasteiger partial charge in [0.25, 0.3) is 0 Å². The lowest BCUT2D eigenvalue weighted by molar-refractivity contribution is 0.272. The van der Waals surface area contributed by atoms with Crippen molar-refractivity contribution in [3.05, 3.63) is 52.9 Å². The summed E-state index contributed by atoms with van der Waals surface area (Å²) in [5.74, 6) is 0. The van der Waals surface area contributed by atoms with Gasteiger partial charge in [-0.1, -0.05) is 6.07 Å². The van der Waals surface area contributed by atoms with Crippen molar-refractivity contribution in [1.82, 2.24) is 14.4 Å². The topological polar surface area (TPSA) is 50.4 Å². The normalized spacial score (nSPS) is 11.1. The molecule has 0 aliphatic rings. The summed E-state index contributed by atoms with van der Waals surface area (Å²) in [5, 5.41) is 11.2. The van der Waals surface area contributed by atoms with E-state index in [2.05, 4.69) is 25.9 Å². The van der Waals surface area contributed by atoms with E-state index in [1.807, 2.05) is 40.9 Å². The fourth-order valence-electron chi connectivity index (χ4n) is 1.77. The number of aliphatic hydroxyl groups is 1. The molecular weight excluding hydrogens is 326 g/mol. The minimum atomic E-state index is -0.0515. The van der Waals surface area contributed by atoms with Gasteiger partial charge in [-0.3, -0.25) is 0 Å². The van der Waals surface area contributed by atoms with Crippen LogP contribution in [0.15, 0.2) is 57.3 Å². The predicted octanol–water partition coefficient (Wildman–Crippen LogP) is 3.14. The van der Waals surface area contributed by atoms with E-state index in [1.165, 1.54) is 11.8 Å². The first kappa shape index (κ1) is 12.7. The molecule has 0 saturated heterocycles. The van der Waals surface area contributed by atoms with Gasteiger partial charge in [0.05, 0.1) is 12.3 Å². The first-order valence-electron chi connectivity index (χ1n) is 5.64. The van der Waals surface area contributed by atoms with Crippen LogP contribution in [-0.2, 0) is 6.61 Å². The van der Waals surface area contributed by atoms with Crippen LogP contribution in [0.25, 0.3) is 5.65 Å². The number of hydrogen-bond donors (Lipinski definition) is 1. The van der Waals surface area contributed by atoms with Gasteiger partial charge >= 0.3 is 0 Å². The van der Waals surface area contributed by atoms with E-state index in [1.54, 1.807) is 6.20 Å². The van der Waals surface area contributed by atoms with Crippen LogP contribution in [0.2, 0.25) is 0 Å². The van der Waals surface area contributed by atoms with E-state index < -0.39 is 0 Å².